The second-order valence-electron chi connectivity index (χ2n) is 6.25. The number of methoxy groups -OCH3 is 1. The Balaban J connectivity index is 1.93. The standard InChI is InChI=1S/C23H29NO4/c1-4-6-7-16-28-21-14-8-18(17-22(21)26-3)9-15-23(25)24-19-10-12-20(13-11-19)27-5-2/h8-15,17H,4-7,16H2,1-3H3,(H,24,25). The maximum Gasteiger partial charge on any atom is 0.248 e. The summed E-state index contributed by atoms with van der Waals surface area (Å²) in [5.74, 6) is 1.95. The quantitative estimate of drug-likeness (QED) is 0.422. The summed E-state index contributed by atoms with van der Waals surface area (Å²) >= 11 is 0. The lowest BCUT2D eigenvalue weighted by Crippen LogP contribution is -2.07. The predicted octanol–water partition coefficient (Wildman–Crippen LogP) is 5.31. The van der Waals surface area contributed by atoms with Crippen molar-refractivity contribution in [1.29, 1.82) is 0 Å². The SMILES string of the molecule is CCCCCOc1ccc(C=CC(=O)Nc2ccc(OCC)cc2)cc1OC. The van der Waals surface area contributed by atoms with E-state index < -0.39 is 0 Å². The molecule has 150 valence electrons. The van der Waals surface area contributed by atoms with Crippen molar-refractivity contribution >= 4 is 17.7 Å². The van der Waals surface area contributed by atoms with Crippen LogP contribution in [0.15, 0.2) is 48.5 Å². The fourth-order valence-corrected chi connectivity index (χ4v) is 2.60. The highest BCUT2D eigenvalue weighted by atomic mass is 16.5. The number of anilines is 1. The molecule has 0 heterocycles. The number of nitrogens with one attached hydrogen (secondary N) is 1. The van der Waals surface area contributed by atoms with Crippen molar-refractivity contribution in [1.82, 2.24) is 0 Å². The zero-order valence-electron chi connectivity index (χ0n) is 16.9. The third-order valence-corrected chi connectivity index (χ3v) is 4.05. The van der Waals surface area contributed by atoms with Crippen molar-refractivity contribution in [3.8, 4) is 17.2 Å². The molecule has 0 spiro atoms. The van der Waals surface area contributed by atoms with Gasteiger partial charge >= 0.3 is 0 Å². The smallest absolute Gasteiger partial charge is 0.248 e. The van der Waals surface area contributed by atoms with Crippen molar-refractivity contribution in [3.05, 3.63) is 54.1 Å². The molecule has 0 saturated carbocycles. The second kappa shape index (κ2) is 11.7. The average molecular weight is 383 g/mol. The lowest BCUT2D eigenvalue weighted by molar-refractivity contribution is -0.111. The van der Waals surface area contributed by atoms with Crippen LogP contribution in [0.25, 0.3) is 6.08 Å². The molecule has 0 unspecified atom stereocenters. The predicted molar refractivity (Wildman–Crippen MR) is 113 cm³/mol. The van der Waals surface area contributed by atoms with Crippen molar-refractivity contribution in [2.75, 3.05) is 25.6 Å². The van der Waals surface area contributed by atoms with Crippen LogP contribution in [0.3, 0.4) is 0 Å². The molecule has 0 bridgehead atoms. The molecule has 5 nitrogen and oxygen atoms in total. The van der Waals surface area contributed by atoms with Gasteiger partial charge in [-0.2, -0.15) is 0 Å². The van der Waals surface area contributed by atoms with E-state index in [0.29, 0.717) is 24.7 Å². The Morgan fingerprint density at radius 2 is 1.79 bits per heavy atom. The first-order valence-electron chi connectivity index (χ1n) is 9.69. The van der Waals surface area contributed by atoms with Gasteiger partial charge < -0.3 is 19.5 Å². The maximum atomic E-state index is 12.1. The minimum absolute atomic E-state index is 0.206. The Labute approximate surface area is 167 Å². The lowest BCUT2D eigenvalue weighted by Gasteiger charge is -2.11. The fourth-order valence-electron chi connectivity index (χ4n) is 2.60. The second-order valence-corrected chi connectivity index (χ2v) is 6.25. The summed E-state index contributed by atoms with van der Waals surface area (Å²) in [7, 11) is 1.61. The molecule has 0 aliphatic heterocycles. The van der Waals surface area contributed by atoms with Gasteiger partial charge in [-0.1, -0.05) is 25.8 Å². The van der Waals surface area contributed by atoms with Gasteiger partial charge in [0.05, 0.1) is 20.3 Å². The number of hydrogen-bond acceptors (Lipinski definition) is 4. The van der Waals surface area contributed by atoms with E-state index in [4.69, 9.17) is 14.2 Å². The molecule has 2 aromatic rings. The average Bonchev–Trinajstić information content (AvgIpc) is 2.71. The molecule has 0 aromatic heterocycles. The minimum Gasteiger partial charge on any atom is -0.494 e. The number of amides is 1. The molecule has 0 aliphatic carbocycles. The van der Waals surface area contributed by atoms with Gasteiger partial charge in [0.1, 0.15) is 5.75 Å². The summed E-state index contributed by atoms with van der Waals surface area (Å²) < 4.78 is 16.6. The van der Waals surface area contributed by atoms with E-state index in [2.05, 4.69) is 12.2 Å². The summed E-state index contributed by atoms with van der Waals surface area (Å²) in [4.78, 5) is 12.1. The van der Waals surface area contributed by atoms with Crippen LogP contribution in [0.1, 0.15) is 38.7 Å². The highest BCUT2D eigenvalue weighted by Crippen LogP contribution is 2.28. The van der Waals surface area contributed by atoms with Crippen LogP contribution in [-0.4, -0.2) is 26.2 Å². The van der Waals surface area contributed by atoms with Gasteiger partial charge in [0, 0.05) is 11.8 Å². The summed E-state index contributed by atoms with van der Waals surface area (Å²) in [5.41, 5.74) is 1.58. The molecular formula is C23H29NO4. The fraction of sp³-hybridized carbons (Fsp3) is 0.348. The number of benzene rings is 2. The van der Waals surface area contributed by atoms with E-state index in [9.17, 15) is 4.79 Å². The third-order valence-electron chi connectivity index (χ3n) is 4.05. The van der Waals surface area contributed by atoms with E-state index >= 15 is 0 Å². The zero-order valence-corrected chi connectivity index (χ0v) is 16.9. The third kappa shape index (κ3) is 6.99. The summed E-state index contributed by atoms with van der Waals surface area (Å²) in [6.07, 6.45) is 6.56. The molecule has 1 N–H and O–H groups in total. The maximum absolute atomic E-state index is 12.1. The molecule has 5 heteroatoms. The number of rotatable bonds is 11. The lowest BCUT2D eigenvalue weighted by atomic mass is 10.2. The minimum atomic E-state index is -0.206. The molecule has 1 amide bonds. The molecule has 0 atom stereocenters. The molecule has 0 radical (unpaired) electrons. The highest BCUT2D eigenvalue weighted by molar-refractivity contribution is 6.01. The Hall–Kier alpha value is -2.95. The number of carbonyl (C=O) groups is 1. The van der Waals surface area contributed by atoms with E-state index in [0.717, 1.165) is 36.3 Å². The van der Waals surface area contributed by atoms with Crippen molar-refractivity contribution in [2.45, 2.75) is 33.1 Å². The van der Waals surface area contributed by atoms with Gasteiger partial charge in [-0.05, 0) is 61.4 Å². The molecule has 2 aromatic carbocycles. The Bertz CT molecular complexity index is 769. The monoisotopic (exact) mass is 383 g/mol. The van der Waals surface area contributed by atoms with Gasteiger partial charge in [0.15, 0.2) is 11.5 Å². The van der Waals surface area contributed by atoms with Crippen molar-refractivity contribution in [2.24, 2.45) is 0 Å². The van der Waals surface area contributed by atoms with Gasteiger partial charge in [-0.25, -0.2) is 0 Å². The first-order chi connectivity index (χ1) is 13.7. The summed E-state index contributed by atoms with van der Waals surface area (Å²) in [5, 5.41) is 2.82. The van der Waals surface area contributed by atoms with Crippen molar-refractivity contribution < 1.29 is 19.0 Å². The number of ether oxygens (including phenoxy) is 3. The number of carbonyl (C=O) groups excluding carboxylic acids is 1. The first kappa shape index (κ1) is 21.4. The highest BCUT2D eigenvalue weighted by Gasteiger charge is 2.05. The molecular weight excluding hydrogens is 354 g/mol. The van der Waals surface area contributed by atoms with Crippen LogP contribution in [0.4, 0.5) is 5.69 Å². The number of hydrogen-bond donors (Lipinski definition) is 1. The normalized spacial score (nSPS) is 10.7. The van der Waals surface area contributed by atoms with E-state index in [-0.39, 0.29) is 5.91 Å². The topological polar surface area (TPSA) is 56.8 Å². The van der Waals surface area contributed by atoms with E-state index in [1.165, 1.54) is 6.08 Å². The van der Waals surface area contributed by atoms with E-state index in [1.807, 2.05) is 49.4 Å². The molecule has 28 heavy (non-hydrogen) atoms. The Morgan fingerprint density at radius 3 is 2.46 bits per heavy atom. The van der Waals surface area contributed by atoms with Crippen LogP contribution >= 0.6 is 0 Å². The van der Waals surface area contributed by atoms with Gasteiger partial charge in [0.25, 0.3) is 0 Å². The Kier molecular flexibility index (Phi) is 8.92. The van der Waals surface area contributed by atoms with Crippen LogP contribution in [0.5, 0.6) is 17.2 Å². The van der Waals surface area contributed by atoms with Crippen LogP contribution in [0.2, 0.25) is 0 Å². The zero-order chi connectivity index (χ0) is 20.2. The number of unbranched alkanes of at least 4 members (excludes halogenated alkanes) is 2. The van der Waals surface area contributed by atoms with Crippen LogP contribution in [0, 0.1) is 0 Å². The summed E-state index contributed by atoms with van der Waals surface area (Å²) in [6.45, 7) is 5.37. The Morgan fingerprint density at radius 1 is 1.00 bits per heavy atom. The summed E-state index contributed by atoms with van der Waals surface area (Å²) in [6, 6.07) is 12.9. The van der Waals surface area contributed by atoms with Crippen LogP contribution < -0.4 is 19.5 Å². The molecule has 0 fully saturated rings. The van der Waals surface area contributed by atoms with Gasteiger partial charge in [0.2, 0.25) is 5.91 Å². The van der Waals surface area contributed by atoms with E-state index in [1.54, 1.807) is 13.2 Å². The molecule has 0 saturated heterocycles. The van der Waals surface area contributed by atoms with Gasteiger partial charge in [-0.15, -0.1) is 0 Å². The molecule has 0 aliphatic rings. The molecule has 2 rings (SSSR count). The largest absolute Gasteiger partial charge is 0.494 e. The van der Waals surface area contributed by atoms with Crippen molar-refractivity contribution in [3.63, 3.8) is 0 Å². The van der Waals surface area contributed by atoms with Gasteiger partial charge in [-0.3, -0.25) is 4.79 Å². The van der Waals surface area contributed by atoms with Crippen LogP contribution in [-0.2, 0) is 4.79 Å². The first-order valence-corrected chi connectivity index (χ1v) is 9.69.